The summed E-state index contributed by atoms with van der Waals surface area (Å²) in [6, 6.07) is 9.75. The van der Waals surface area contributed by atoms with Crippen LogP contribution in [0.2, 0.25) is 0 Å². The molecule has 2 unspecified atom stereocenters. The molecule has 7 heteroatoms. The molecule has 1 aliphatic heterocycles. The quantitative estimate of drug-likeness (QED) is 0.451. The van der Waals surface area contributed by atoms with Crippen LogP contribution in [0, 0.1) is 11.8 Å². The molecule has 2 amide bonds. The fourth-order valence-electron chi connectivity index (χ4n) is 3.44. The van der Waals surface area contributed by atoms with Crippen LogP contribution in [0.3, 0.4) is 0 Å². The van der Waals surface area contributed by atoms with E-state index in [1.165, 1.54) is 11.3 Å². The number of imide groups is 1. The van der Waals surface area contributed by atoms with E-state index in [9.17, 15) is 14.4 Å². The van der Waals surface area contributed by atoms with Gasteiger partial charge in [-0.25, -0.2) is 4.98 Å². The Hall–Kier alpha value is -2.80. The number of carbonyl (C=O) groups excluding carboxylic acids is 3. The first kappa shape index (κ1) is 17.6. The van der Waals surface area contributed by atoms with Gasteiger partial charge in [0.1, 0.15) is 18.2 Å². The number of carbonyl (C=O) groups is 3. The molecule has 27 heavy (non-hydrogen) atoms. The number of nitrogens with zero attached hydrogens (tertiary/aromatic N) is 2. The minimum atomic E-state index is -0.599. The van der Waals surface area contributed by atoms with E-state index in [1.54, 1.807) is 0 Å². The monoisotopic (exact) mass is 382 g/mol. The minimum Gasteiger partial charge on any atom is -0.458 e. The Morgan fingerprint density at radius 2 is 1.78 bits per heavy atom. The zero-order chi connectivity index (χ0) is 18.8. The lowest BCUT2D eigenvalue weighted by Gasteiger charge is -2.14. The molecule has 2 aliphatic rings. The topological polar surface area (TPSA) is 76.6 Å². The second-order valence-corrected chi connectivity index (χ2v) is 7.45. The number of likely N-dealkylation sites (tertiary alicyclic amines) is 1. The Kier molecular flexibility index (Phi) is 4.85. The van der Waals surface area contributed by atoms with Crippen molar-refractivity contribution in [3.8, 4) is 10.6 Å². The smallest absolute Gasteiger partial charge is 0.326 e. The number of rotatable bonds is 5. The first-order valence-electron chi connectivity index (χ1n) is 8.79. The van der Waals surface area contributed by atoms with Crippen molar-refractivity contribution in [1.82, 2.24) is 9.88 Å². The zero-order valence-electron chi connectivity index (χ0n) is 14.5. The average Bonchev–Trinajstić information content (AvgIpc) is 3.27. The van der Waals surface area contributed by atoms with E-state index < -0.39 is 5.97 Å². The molecule has 4 rings (SSSR count). The number of aromatic nitrogens is 1. The maximum Gasteiger partial charge on any atom is 0.326 e. The molecular weight excluding hydrogens is 364 g/mol. The Morgan fingerprint density at radius 1 is 1.11 bits per heavy atom. The number of ether oxygens (including phenoxy) is 1. The van der Waals surface area contributed by atoms with Crippen LogP contribution < -0.4 is 0 Å². The van der Waals surface area contributed by atoms with Crippen LogP contribution in [0.4, 0.5) is 0 Å². The largest absolute Gasteiger partial charge is 0.458 e. The summed E-state index contributed by atoms with van der Waals surface area (Å²) in [5.41, 5.74) is 1.65. The number of fused-ring (bicyclic) bond motifs is 1. The number of esters is 1. The summed E-state index contributed by atoms with van der Waals surface area (Å²) >= 11 is 1.47. The maximum atomic E-state index is 12.4. The standard InChI is InChI=1S/C20H18N2O4S/c23-17(10-22-19(24)15-8-4-5-9-16(15)20(22)25)26-11-14-12-27-18(21-14)13-6-2-1-3-7-13/h1-7,12,15-16H,8-11H2. The van der Waals surface area contributed by atoms with Gasteiger partial charge in [-0.1, -0.05) is 42.5 Å². The highest BCUT2D eigenvalue weighted by atomic mass is 32.1. The van der Waals surface area contributed by atoms with Crippen LogP contribution in [0.15, 0.2) is 47.9 Å². The van der Waals surface area contributed by atoms with E-state index in [4.69, 9.17) is 4.74 Å². The molecule has 1 saturated heterocycles. The van der Waals surface area contributed by atoms with E-state index in [1.807, 2.05) is 47.9 Å². The van der Waals surface area contributed by atoms with E-state index in [-0.39, 0.29) is 36.8 Å². The molecule has 2 aromatic rings. The summed E-state index contributed by atoms with van der Waals surface area (Å²) < 4.78 is 5.23. The first-order chi connectivity index (χ1) is 13.1. The lowest BCUT2D eigenvalue weighted by atomic mass is 9.85. The third kappa shape index (κ3) is 3.55. The molecule has 1 fully saturated rings. The van der Waals surface area contributed by atoms with Crippen molar-refractivity contribution >= 4 is 29.1 Å². The molecule has 0 spiro atoms. The van der Waals surface area contributed by atoms with Crippen LogP contribution >= 0.6 is 11.3 Å². The molecule has 0 bridgehead atoms. The second kappa shape index (κ2) is 7.44. The summed E-state index contributed by atoms with van der Waals surface area (Å²) in [7, 11) is 0. The molecule has 2 atom stereocenters. The highest BCUT2D eigenvalue weighted by Gasteiger charge is 2.47. The van der Waals surface area contributed by atoms with Gasteiger partial charge in [0.15, 0.2) is 0 Å². The van der Waals surface area contributed by atoms with Crippen LogP contribution in [-0.2, 0) is 25.7 Å². The summed E-state index contributed by atoms with van der Waals surface area (Å²) in [6.45, 7) is -0.312. The van der Waals surface area contributed by atoms with Gasteiger partial charge in [0.25, 0.3) is 0 Å². The molecule has 138 valence electrons. The van der Waals surface area contributed by atoms with Crippen molar-refractivity contribution in [3.05, 3.63) is 53.6 Å². The highest BCUT2D eigenvalue weighted by Crippen LogP contribution is 2.34. The van der Waals surface area contributed by atoms with Gasteiger partial charge in [-0.15, -0.1) is 11.3 Å². The summed E-state index contributed by atoms with van der Waals surface area (Å²) in [4.78, 5) is 42.4. The Labute approximate surface area is 160 Å². The van der Waals surface area contributed by atoms with Gasteiger partial charge >= 0.3 is 5.97 Å². The van der Waals surface area contributed by atoms with Crippen LogP contribution in [0.1, 0.15) is 18.5 Å². The van der Waals surface area contributed by atoms with Crippen molar-refractivity contribution in [3.63, 3.8) is 0 Å². The molecule has 6 nitrogen and oxygen atoms in total. The van der Waals surface area contributed by atoms with Crippen molar-refractivity contribution in [2.75, 3.05) is 6.54 Å². The van der Waals surface area contributed by atoms with Gasteiger partial charge in [-0.3, -0.25) is 19.3 Å². The summed E-state index contributed by atoms with van der Waals surface area (Å²) in [5.74, 6) is -1.81. The van der Waals surface area contributed by atoms with Crippen LogP contribution in [-0.4, -0.2) is 34.2 Å². The number of thiazole rings is 1. The van der Waals surface area contributed by atoms with E-state index >= 15 is 0 Å². The van der Waals surface area contributed by atoms with Crippen molar-refractivity contribution in [2.45, 2.75) is 19.4 Å². The van der Waals surface area contributed by atoms with Gasteiger partial charge in [0.05, 0.1) is 17.5 Å². The van der Waals surface area contributed by atoms with Crippen molar-refractivity contribution in [1.29, 1.82) is 0 Å². The summed E-state index contributed by atoms with van der Waals surface area (Å²) in [6.07, 6.45) is 4.95. The van der Waals surface area contributed by atoms with E-state index in [0.717, 1.165) is 15.5 Å². The number of amides is 2. The predicted octanol–water partition coefficient (Wildman–Crippen LogP) is 2.80. The Morgan fingerprint density at radius 3 is 2.44 bits per heavy atom. The number of hydrogen-bond donors (Lipinski definition) is 0. The number of hydrogen-bond acceptors (Lipinski definition) is 6. The van der Waals surface area contributed by atoms with Gasteiger partial charge in [0.2, 0.25) is 11.8 Å². The third-order valence-electron chi connectivity index (χ3n) is 4.84. The zero-order valence-corrected chi connectivity index (χ0v) is 15.4. The highest BCUT2D eigenvalue weighted by molar-refractivity contribution is 7.13. The van der Waals surface area contributed by atoms with Gasteiger partial charge in [0, 0.05) is 10.9 Å². The third-order valence-corrected chi connectivity index (χ3v) is 5.78. The van der Waals surface area contributed by atoms with Gasteiger partial charge < -0.3 is 4.74 Å². The van der Waals surface area contributed by atoms with Crippen molar-refractivity contribution < 1.29 is 19.1 Å². The second-order valence-electron chi connectivity index (χ2n) is 6.59. The lowest BCUT2D eigenvalue weighted by molar-refractivity contribution is -0.153. The van der Waals surface area contributed by atoms with E-state index in [0.29, 0.717) is 18.5 Å². The molecule has 0 saturated carbocycles. The lowest BCUT2D eigenvalue weighted by Crippen LogP contribution is -2.36. The molecule has 0 radical (unpaired) electrons. The molecule has 1 aromatic carbocycles. The number of benzene rings is 1. The fourth-order valence-corrected chi connectivity index (χ4v) is 4.25. The molecule has 1 aliphatic carbocycles. The fraction of sp³-hybridized carbons (Fsp3) is 0.300. The van der Waals surface area contributed by atoms with Gasteiger partial charge in [-0.05, 0) is 12.8 Å². The SMILES string of the molecule is O=C(CN1C(=O)C2CC=CCC2C1=O)OCc1csc(-c2ccccc2)n1. The Bertz CT molecular complexity index is 880. The average molecular weight is 382 g/mol. The van der Waals surface area contributed by atoms with Crippen LogP contribution in [0.5, 0.6) is 0 Å². The number of allylic oxidation sites excluding steroid dienone is 2. The maximum absolute atomic E-state index is 12.4. The Balaban J connectivity index is 1.33. The summed E-state index contributed by atoms with van der Waals surface area (Å²) in [5, 5.41) is 2.69. The first-order valence-corrected chi connectivity index (χ1v) is 9.67. The molecular formula is C20H18N2O4S. The van der Waals surface area contributed by atoms with Crippen molar-refractivity contribution in [2.24, 2.45) is 11.8 Å². The molecule has 2 heterocycles. The normalized spacial score (nSPS) is 21.4. The molecule has 1 aromatic heterocycles. The van der Waals surface area contributed by atoms with E-state index in [2.05, 4.69) is 4.98 Å². The van der Waals surface area contributed by atoms with Crippen LogP contribution in [0.25, 0.3) is 10.6 Å². The molecule has 0 N–H and O–H groups in total. The van der Waals surface area contributed by atoms with Gasteiger partial charge in [-0.2, -0.15) is 0 Å². The predicted molar refractivity (Wildman–Crippen MR) is 99.4 cm³/mol. The minimum absolute atomic E-state index is 0.0206.